The lowest BCUT2D eigenvalue weighted by atomic mass is 9.99. The molecule has 3 nitrogen and oxygen atoms in total. The maximum Gasteiger partial charge on any atom is 0.573 e. The van der Waals surface area contributed by atoms with Crippen LogP contribution in [0.2, 0.25) is 0 Å². The maximum absolute atomic E-state index is 13.3. The van der Waals surface area contributed by atoms with Gasteiger partial charge in [-0.3, -0.25) is 0 Å². The molecule has 0 radical (unpaired) electrons. The predicted molar refractivity (Wildman–Crippen MR) is 67.2 cm³/mol. The topological polar surface area (TPSA) is 55.5 Å². The molecule has 0 saturated carbocycles. The second-order valence-electron chi connectivity index (χ2n) is 4.31. The number of nitrogens with two attached hydrogens (primary N) is 1. The molecule has 0 aromatic heterocycles. The van der Waals surface area contributed by atoms with Crippen LogP contribution in [0.1, 0.15) is 17.2 Å². The van der Waals surface area contributed by atoms with Crippen molar-refractivity contribution in [1.29, 1.82) is 0 Å². The van der Waals surface area contributed by atoms with Gasteiger partial charge in [-0.2, -0.15) is 0 Å². The molecule has 1 atom stereocenters. The van der Waals surface area contributed by atoms with Crippen LogP contribution in [0, 0.1) is 5.82 Å². The molecule has 0 spiro atoms. The van der Waals surface area contributed by atoms with Gasteiger partial charge in [0, 0.05) is 0 Å². The molecule has 2 aromatic rings. The number of phenolic OH excluding ortho intramolecular Hbond substituents is 1. The van der Waals surface area contributed by atoms with Crippen LogP contribution in [0.5, 0.6) is 11.5 Å². The zero-order valence-electron chi connectivity index (χ0n) is 10.6. The van der Waals surface area contributed by atoms with Gasteiger partial charge in [-0.15, -0.1) is 13.2 Å². The molecule has 21 heavy (non-hydrogen) atoms. The first-order chi connectivity index (χ1) is 9.76. The van der Waals surface area contributed by atoms with Gasteiger partial charge >= 0.3 is 6.36 Å². The van der Waals surface area contributed by atoms with E-state index in [-0.39, 0.29) is 5.75 Å². The summed E-state index contributed by atoms with van der Waals surface area (Å²) >= 11 is 0. The lowest BCUT2D eigenvalue weighted by Crippen LogP contribution is -2.17. The van der Waals surface area contributed by atoms with Gasteiger partial charge in [0.2, 0.25) is 0 Å². The molecule has 0 heterocycles. The Morgan fingerprint density at radius 1 is 1.00 bits per heavy atom. The van der Waals surface area contributed by atoms with E-state index in [1.807, 2.05) is 0 Å². The number of halogens is 4. The Bertz CT molecular complexity index is 626. The molecular formula is C14H11F4NO2. The van der Waals surface area contributed by atoms with Gasteiger partial charge in [0.1, 0.15) is 5.75 Å². The highest BCUT2D eigenvalue weighted by Gasteiger charge is 2.31. The third-order valence-corrected chi connectivity index (χ3v) is 2.80. The van der Waals surface area contributed by atoms with Crippen LogP contribution in [-0.2, 0) is 0 Å². The van der Waals surface area contributed by atoms with E-state index >= 15 is 0 Å². The highest BCUT2D eigenvalue weighted by molar-refractivity contribution is 5.37. The Labute approximate surface area is 117 Å². The predicted octanol–water partition coefficient (Wildman–Crippen LogP) is 3.48. The number of benzene rings is 2. The van der Waals surface area contributed by atoms with Crippen molar-refractivity contribution in [3.05, 3.63) is 59.4 Å². The molecule has 3 N–H and O–H groups in total. The van der Waals surface area contributed by atoms with E-state index < -0.39 is 24.0 Å². The largest absolute Gasteiger partial charge is 0.573 e. The van der Waals surface area contributed by atoms with Crippen molar-refractivity contribution in [3.63, 3.8) is 0 Å². The summed E-state index contributed by atoms with van der Waals surface area (Å²) in [4.78, 5) is 0. The Hall–Kier alpha value is -2.28. The number of alkyl halides is 3. The van der Waals surface area contributed by atoms with Crippen LogP contribution >= 0.6 is 0 Å². The summed E-state index contributed by atoms with van der Waals surface area (Å²) in [7, 11) is 0. The lowest BCUT2D eigenvalue weighted by molar-refractivity contribution is -0.274. The number of phenols is 1. The van der Waals surface area contributed by atoms with Gasteiger partial charge in [0.25, 0.3) is 0 Å². The second kappa shape index (κ2) is 5.61. The Morgan fingerprint density at radius 3 is 2.10 bits per heavy atom. The van der Waals surface area contributed by atoms with Crippen LogP contribution in [0.4, 0.5) is 17.6 Å². The lowest BCUT2D eigenvalue weighted by Gasteiger charge is -2.14. The summed E-state index contributed by atoms with van der Waals surface area (Å²) in [6, 6.07) is 7.89. The summed E-state index contributed by atoms with van der Waals surface area (Å²) in [5.74, 6) is -1.69. The van der Waals surface area contributed by atoms with Crippen molar-refractivity contribution in [3.8, 4) is 11.5 Å². The average molecular weight is 301 g/mol. The standard InChI is InChI=1S/C14H11F4NO2/c15-11-7-9(3-6-12(11)20)13(19)8-1-4-10(5-2-8)21-14(16,17)18/h1-7,13,20H,19H2/t13-/m0/s1. The third-order valence-electron chi connectivity index (χ3n) is 2.80. The molecule has 0 saturated heterocycles. The fraction of sp³-hybridized carbons (Fsp3) is 0.143. The second-order valence-corrected chi connectivity index (χ2v) is 4.31. The van der Waals surface area contributed by atoms with Crippen LogP contribution in [-0.4, -0.2) is 11.5 Å². The van der Waals surface area contributed by atoms with Crippen molar-refractivity contribution in [2.45, 2.75) is 12.4 Å². The van der Waals surface area contributed by atoms with Gasteiger partial charge in [-0.05, 0) is 35.4 Å². The molecule has 7 heteroatoms. The van der Waals surface area contributed by atoms with Crippen LogP contribution in [0.3, 0.4) is 0 Å². The molecule has 0 amide bonds. The molecular weight excluding hydrogens is 290 g/mol. The summed E-state index contributed by atoms with van der Waals surface area (Å²) in [5, 5.41) is 9.10. The number of hydrogen-bond donors (Lipinski definition) is 2. The fourth-order valence-corrected chi connectivity index (χ4v) is 1.79. The first kappa shape index (κ1) is 15.1. The average Bonchev–Trinajstić information content (AvgIpc) is 2.40. The van der Waals surface area contributed by atoms with Crippen molar-refractivity contribution >= 4 is 0 Å². The van der Waals surface area contributed by atoms with E-state index in [0.29, 0.717) is 11.1 Å². The van der Waals surface area contributed by atoms with Gasteiger partial charge in [-0.25, -0.2) is 4.39 Å². The molecule has 0 aliphatic heterocycles. The smallest absolute Gasteiger partial charge is 0.505 e. The maximum atomic E-state index is 13.3. The monoisotopic (exact) mass is 301 g/mol. The first-order valence-electron chi connectivity index (χ1n) is 5.86. The number of rotatable bonds is 3. The molecule has 0 fully saturated rings. The first-order valence-corrected chi connectivity index (χ1v) is 5.86. The highest BCUT2D eigenvalue weighted by Crippen LogP contribution is 2.27. The Balaban J connectivity index is 2.19. The molecule has 2 rings (SSSR count). The summed E-state index contributed by atoms with van der Waals surface area (Å²) in [5.41, 5.74) is 6.77. The van der Waals surface area contributed by atoms with Gasteiger partial charge < -0.3 is 15.6 Å². The molecule has 0 aliphatic carbocycles. The Morgan fingerprint density at radius 2 is 1.57 bits per heavy atom. The van der Waals surface area contributed by atoms with Crippen molar-refractivity contribution in [1.82, 2.24) is 0 Å². The van der Waals surface area contributed by atoms with Crippen LogP contribution < -0.4 is 10.5 Å². The zero-order valence-corrected chi connectivity index (χ0v) is 10.6. The Kier molecular flexibility index (Phi) is 4.04. The summed E-state index contributed by atoms with van der Waals surface area (Å²) < 4.78 is 53.1. The molecule has 0 aliphatic rings. The highest BCUT2D eigenvalue weighted by atomic mass is 19.4. The van der Waals surface area contributed by atoms with Crippen LogP contribution in [0.25, 0.3) is 0 Å². The third kappa shape index (κ3) is 3.85. The van der Waals surface area contributed by atoms with E-state index in [2.05, 4.69) is 4.74 Å². The summed E-state index contributed by atoms with van der Waals surface area (Å²) in [6.45, 7) is 0. The quantitative estimate of drug-likeness (QED) is 0.853. The zero-order chi connectivity index (χ0) is 15.6. The molecule has 2 aromatic carbocycles. The normalized spacial score (nSPS) is 13.0. The minimum absolute atomic E-state index is 0.365. The number of hydrogen-bond acceptors (Lipinski definition) is 3. The van der Waals surface area contributed by atoms with E-state index in [1.165, 1.54) is 18.2 Å². The van der Waals surface area contributed by atoms with Gasteiger partial charge in [-0.1, -0.05) is 18.2 Å². The SMILES string of the molecule is N[C@@H](c1ccc(OC(F)(F)F)cc1)c1ccc(O)c(F)c1. The van der Waals surface area contributed by atoms with Crippen molar-refractivity contribution < 1.29 is 27.4 Å². The number of aromatic hydroxyl groups is 1. The van der Waals surface area contributed by atoms with Crippen LogP contribution in [0.15, 0.2) is 42.5 Å². The van der Waals surface area contributed by atoms with E-state index in [9.17, 15) is 17.6 Å². The van der Waals surface area contributed by atoms with Gasteiger partial charge in [0.05, 0.1) is 6.04 Å². The molecule has 0 bridgehead atoms. The number of ether oxygens (including phenoxy) is 1. The fourth-order valence-electron chi connectivity index (χ4n) is 1.79. The van der Waals surface area contributed by atoms with Crippen molar-refractivity contribution in [2.75, 3.05) is 0 Å². The van der Waals surface area contributed by atoms with E-state index in [4.69, 9.17) is 10.8 Å². The molecule has 0 unspecified atom stereocenters. The van der Waals surface area contributed by atoms with Gasteiger partial charge in [0.15, 0.2) is 11.6 Å². The van der Waals surface area contributed by atoms with E-state index in [1.54, 1.807) is 0 Å². The molecule has 112 valence electrons. The van der Waals surface area contributed by atoms with E-state index in [0.717, 1.165) is 24.3 Å². The van der Waals surface area contributed by atoms with Crippen molar-refractivity contribution in [2.24, 2.45) is 5.73 Å². The minimum Gasteiger partial charge on any atom is -0.505 e. The minimum atomic E-state index is -4.76. The summed E-state index contributed by atoms with van der Waals surface area (Å²) in [6.07, 6.45) is -4.76.